The number of anilines is 2. The summed E-state index contributed by atoms with van der Waals surface area (Å²) in [6.45, 7) is 5.49. The molecular weight excluding hydrogens is 414 g/mol. The van der Waals surface area contributed by atoms with Crippen LogP contribution in [0.2, 0.25) is 4.34 Å². The van der Waals surface area contributed by atoms with Gasteiger partial charge in [0.15, 0.2) is 0 Å². The maximum Gasteiger partial charge on any atom is 0.261 e. The smallest absolute Gasteiger partial charge is 0.261 e. The van der Waals surface area contributed by atoms with E-state index >= 15 is 0 Å². The summed E-state index contributed by atoms with van der Waals surface area (Å²) in [5.74, 6) is -0.298. The number of nitrogens with zero attached hydrogens (tertiary/aromatic N) is 1. The number of hydrogen-bond acceptors (Lipinski definition) is 6. The van der Waals surface area contributed by atoms with Crippen LogP contribution in [0.5, 0.6) is 0 Å². The third-order valence-corrected chi connectivity index (χ3v) is 5.81. The van der Waals surface area contributed by atoms with Crippen molar-refractivity contribution in [1.82, 2.24) is 5.32 Å². The highest BCUT2D eigenvalue weighted by Crippen LogP contribution is 2.29. The fraction of sp³-hybridized carbons (Fsp3) is 0.400. The zero-order valence-corrected chi connectivity index (χ0v) is 17.9. The number of nitrogens with one attached hydrogen (secondary N) is 2. The van der Waals surface area contributed by atoms with Crippen molar-refractivity contribution in [1.29, 1.82) is 0 Å². The fourth-order valence-corrected chi connectivity index (χ4v) is 4.24. The molecule has 2 amide bonds. The van der Waals surface area contributed by atoms with Crippen LogP contribution in [0.3, 0.4) is 0 Å². The molecule has 0 saturated carbocycles. The van der Waals surface area contributed by atoms with E-state index in [1.807, 2.05) is 26.0 Å². The summed E-state index contributed by atoms with van der Waals surface area (Å²) in [6, 6.07) is 7.21. The lowest BCUT2D eigenvalue weighted by Gasteiger charge is -2.30. The average molecular weight is 438 g/mol. The molecule has 0 radical (unpaired) electrons. The molecule has 0 spiro atoms. The summed E-state index contributed by atoms with van der Waals surface area (Å²) in [4.78, 5) is 26.4. The number of amides is 2. The second-order valence-corrected chi connectivity index (χ2v) is 8.62. The molecule has 3 N–H and O–H groups in total. The number of halogens is 1. The number of thiophene rings is 1. The van der Waals surface area contributed by atoms with E-state index in [1.165, 1.54) is 11.3 Å². The molecule has 1 aromatic heterocycles. The quantitative estimate of drug-likeness (QED) is 0.619. The van der Waals surface area contributed by atoms with Gasteiger partial charge in [-0.05, 0) is 49.2 Å². The molecule has 2 aromatic rings. The molecule has 1 saturated heterocycles. The molecule has 1 aliphatic rings. The van der Waals surface area contributed by atoms with Gasteiger partial charge < -0.3 is 25.4 Å². The Morgan fingerprint density at radius 1 is 1.31 bits per heavy atom. The van der Waals surface area contributed by atoms with E-state index in [2.05, 4.69) is 10.6 Å². The third kappa shape index (κ3) is 5.48. The van der Waals surface area contributed by atoms with E-state index < -0.39 is 6.10 Å². The number of hydrogen-bond donors (Lipinski definition) is 3. The molecule has 3 rings (SSSR count). The van der Waals surface area contributed by atoms with Gasteiger partial charge in [0.25, 0.3) is 11.8 Å². The van der Waals surface area contributed by atoms with Crippen LogP contribution in [-0.4, -0.2) is 55.9 Å². The van der Waals surface area contributed by atoms with Crippen LogP contribution in [0, 0.1) is 13.8 Å². The lowest BCUT2D eigenvalue weighted by molar-refractivity contribution is -0.125. The standard InChI is InChI=1S/C20H24ClN3O4S/c1-12-7-14(8-13(2)19(12)24-5-6-28-11-18(24)26)22-9-15(25)10-23-20(27)16-3-4-17(21)29-16/h3-4,7-8,15,22,25H,5-6,9-11H2,1-2H3,(H,23,27)/t15-/m0/s1. The summed E-state index contributed by atoms with van der Waals surface area (Å²) in [7, 11) is 0. The lowest BCUT2D eigenvalue weighted by atomic mass is 10.1. The van der Waals surface area contributed by atoms with Crippen LogP contribution in [0.15, 0.2) is 24.3 Å². The Balaban J connectivity index is 1.55. The molecule has 1 atom stereocenters. The van der Waals surface area contributed by atoms with Gasteiger partial charge in [0.1, 0.15) is 6.61 Å². The highest BCUT2D eigenvalue weighted by atomic mass is 35.5. The molecule has 1 aromatic carbocycles. The Kier molecular flexibility index (Phi) is 7.13. The molecule has 2 heterocycles. The van der Waals surface area contributed by atoms with Gasteiger partial charge in [-0.25, -0.2) is 0 Å². The van der Waals surface area contributed by atoms with Crippen LogP contribution < -0.4 is 15.5 Å². The Labute approximate surface area is 178 Å². The number of carbonyl (C=O) groups excluding carboxylic acids is 2. The summed E-state index contributed by atoms with van der Waals surface area (Å²) in [5, 5.41) is 16.1. The number of carbonyl (C=O) groups is 2. The second-order valence-electron chi connectivity index (χ2n) is 6.91. The van der Waals surface area contributed by atoms with Crippen molar-refractivity contribution in [3.63, 3.8) is 0 Å². The molecule has 0 aliphatic carbocycles. The van der Waals surface area contributed by atoms with E-state index in [-0.39, 0.29) is 31.5 Å². The van der Waals surface area contributed by atoms with Gasteiger partial charge in [0.05, 0.1) is 21.9 Å². The van der Waals surface area contributed by atoms with E-state index in [0.717, 1.165) is 22.5 Å². The minimum Gasteiger partial charge on any atom is -0.389 e. The van der Waals surface area contributed by atoms with E-state index in [4.69, 9.17) is 16.3 Å². The van der Waals surface area contributed by atoms with Gasteiger partial charge in [-0.15, -0.1) is 11.3 Å². The number of ether oxygens (including phenoxy) is 1. The second kappa shape index (κ2) is 9.58. The van der Waals surface area contributed by atoms with Gasteiger partial charge in [0.2, 0.25) is 0 Å². The Bertz CT molecular complexity index is 879. The van der Waals surface area contributed by atoms with Gasteiger partial charge in [-0.2, -0.15) is 0 Å². The van der Waals surface area contributed by atoms with Crippen molar-refractivity contribution in [3.8, 4) is 0 Å². The van der Waals surface area contributed by atoms with E-state index in [0.29, 0.717) is 22.4 Å². The molecule has 0 unspecified atom stereocenters. The van der Waals surface area contributed by atoms with Gasteiger partial charge >= 0.3 is 0 Å². The largest absolute Gasteiger partial charge is 0.389 e. The number of aryl methyl sites for hydroxylation is 2. The molecule has 156 valence electrons. The van der Waals surface area contributed by atoms with Crippen molar-refractivity contribution < 1.29 is 19.4 Å². The number of aliphatic hydroxyl groups excluding tert-OH is 1. The molecule has 7 nitrogen and oxygen atoms in total. The molecule has 1 aliphatic heterocycles. The molecule has 9 heteroatoms. The Morgan fingerprint density at radius 3 is 2.66 bits per heavy atom. The zero-order valence-electron chi connectivity index (χ0n) is 16.3. The van der Waals surface area contributed by atoms with Crippen LogP contribution in [0.25, 0.3) is 0 Å². The Hall–Kier alpha value is -2.13. The maximum absolute atomic E-state index is 12.1. The topological polar surface area (TPSA) is 90.9 Å². The summed E-state index contributed by atoms with van der Waals surface area (Å²) >= 11 is 7.02. The number of benzene rings is 1. The first-order chi connectivity index (χ1) is 13.8. The molecule has 1 fully saturated rings. The minimum absolute atomic E-state index is 0.0404. The van der Waals surface area contributed by atoms with Crippen molar-refractivity contribution >= 4 is 46.1 Å². The van der Waals surface area contributed by atoms with Crippen LogP contribution in [-0.2, 0) is 9.53 Å². The first-order valence-electron chi connectivity index (χ1n) is 9.30. The fourth-order valence-electron chi connectivity index (χ4n) is 3.28. The van der Waals surface area contributed by atoms with Crippen molar-refractivity contribution in [2.75, 3.05) is 43.1 Å². The van der Waals surface area contributed by atoms with Crippen molar-refractivity contribution in [2.24, 2.45) is 0 Å². The number of aliphatic hydroxyl groups is 1. The van der Waals surface area contributed by atoms with Crippen LogP contribution in [0.4, 0.5) is 11.4 Å². The van der Waals surface area contributed by atoms with Crippen LogP contribution >= 0.6 is 22.9 Å². The van der Waals surface area contributed by atoms with Gasteiger partial charge in [-0.3, -0.25) is 9.59 Å². The summed E-state index contributed by atoms with van der Waals surface area (Å²) in [5.41, 5.74) is 3.70. The molecular formula is C20H24ClN3O4S. The highest BCUT2D eigenvalue weighted by molar-refractivity contribution is 7.17. The van der Waals surface area contributed by atoms with Crippen molar-refractivity contribution in [3.05, 3.63) is 44.6 Å². The molecule has 29 heavy (non-hydrogen) atoms. The summed E-state index contributed by atoms with van der Waals surface area (Å²) in [6.07, 6.45) is -0.754. The first kappa shape index (κ1) is 21.6. The first-order valence-corrected chi connectivity index (χ1v) is 10.5. The molecule has 0 bridgehead atoms. The number of morpholine rings is 1. The third-order valence-electron chi connectivity index (χ3n) is 4.58. The Morgan fingerprint density at radius 2 is 2.03 bits per heavy atom. The van der Waals surface area contributed by atoms with Gasteiger partial charge in [-0.1, -0.05) is 11.6 Å². The van der Waals surface area contributed by atoms with Crippen molar-refractivity contribution in [2.45, 2.75) is 20.0 Å². The number of rotatable bonds is 7. The lowest BCUT2D eigenvalue weighted by Crippen LogP contribution is -2.42. The zero-order chi connectivity index (χ0) is 21.0. The monoisotopic (exact) mass is 437 g/mol. The predicted molar refractivity (Wildman–Crippen MR) is 115 cm³/mol. The van der Waals surface area contributed by atoms with Crippen LogP contribution in [0.1, 0.15) is 20.8 Å². The average Bonchev–Trinajstić information content (AvgIpc) is 3.12. The summed E-state index contributed by atoms with van der Waals surface area (Å²) < 4.78 is 5.75. The maximum atomic E-state index is 12.1. The van der Waals surface area contributed by atoms with E-state index in [9.17, 15) is 14.7 Å². The predicted octanol–water partition coefficient (Wildman–Crippen LogP) is 2.58. The minimum atomic E-state index is -0.754. The van der Waals surface area contributed by atoms with E-state index in [1.54, 1.807) is 17.0 Å². The highest BCUT2D eigenvalue weighted by Gasteiger charge is 2.23. The SMILES string of the molecule is Cc1cc(NC[C@H](O)CNC(=O)c2ccc(Cl)s2)cc(C)c1N1CCOCC1=O. The van der Waals surface area contributed by atoms with Gasteiger partial charge in [0, 0.05) is 31.0 Å². The normalized spacial score (nSPS) is 15.3.